The van der Waals surface area contributed by atoms with Crippen molar-refractivity contribution in [2.45, 2.75) is 18.9 Å². The Morgan fingerprint density at radius 3 is 3.08 bits per heavy atom. The molecule has 1 fully saturated rings. The molecule has 0 aliphatic carbocycles. The summed E-state index contributed by atoms with van der Waals surface area (Å²) in [4.78, 5) is 4.08. The predicted octanol–water partition coefficient (Wildman–Crippen LogP) is 2.41. The van der Waals surface area contributed by atoms with Crippen molar-refractivity contribution in [2.75, 3.05) is 6.54 Å². The molecule has 0 saturated carbocycles. The minimum absolute atomic E-state index is 0.105. The van der Waals surface area contributed by atoms with E-state index in [1.54, 1.807) is 6.20 Å². The summed E-state index contributed by atoms with van der Waals surface area (Å²) < 4.78 is 14.1. The van der Waals surface area contributed by atoms with Crippen molar-refractivity contribution in [3.05, 3.63) is 28.2 Å². The number of nitrogens with one attached hydrogen (secondary N) is 1. The fourth-order valence-electron chi connectivity index (χ4n) is 1.60. The first-order chi connectivity index (χ1) is 6.27. The number of pyridine rings is 1. The molecule has 1 aliphatic rings. The topological polar surface area (TPSA) is 24.9 Å². The fraction of sp³-hybridized carbons (Fsp3) is 0.444. The molecule has 1 atom stereocenters. The maximum Gasteiger partial charge on any atom is 0.147 e. The lowest BCUT2D eigenvalue weighted by Gasteiger charge is -2.09. The van der Waals surface area contributed by atoms with Gasteiger partial charge in [0.15, 0.2) is 0 Å². The number of halogens is 2. The second kappa shape index (κ2) is 3.72. The van der Waals surface area contributed by atoms with Crippen molar-refractivity contribution in [1.29, 1.82) is 0 Å². The summed E-state index contributed by atoms with van der Waals surface area (Å²) in [6.07, 6.45) is 3.71. The van der Waals surface area contributed by atoms with Gasteiger partial charge in [0, 0.05) is 10.7 Å². The minimum atomic E-state index is -0.228. The SMILES string of the molecule is Fc1cc(Br)cnc1[C@H]1CCCN1. The maximum atomic E-state index is 13.4. The number of hydrogen-bond donors (Lipinski definition) is 1. The highest BCUT2D eigenvalue weighted by molar-refractivity contribution is 9.10. The van der Waals surface area contributed by atoms with E-state index in [0.717, 1.165) is 19.4 Å². The Hall–Kier alpha value is -0.480. The Balaban J connectivity index is 2.29. The van der Waals surface area contributed by atoms with E-state index in [2.05, 4.69) is 26.2 Å². The Morgan fingerprint density at radius 2 is 2.46 bits per heavy atom. The molecule has 0 unspecified atom stereocenters. The highest BCUT2D eigenvalue weighted by Crippen LogP contribution is 2.24. The summed E-state index contributed by atoms with van der Waals surface area (Å²) in [6, 6.07) is 1.57. The summed E-state index contributed by atoms with van der Waals surface area (Å²) in [6.45, 7) is 0.960. The third-order valence-corrected chi connectivity index (χ3v) is 2.66. The lowest BCUT2D eigenvalue weighted by atomic mass is 10.1. The predicted molar refractivity (Wildman–Crippen MR) is 51.9 cm³/mol. The maximum absolute atomic E-state index is 13.4. The van der Waals surface area contributed by atoms with Crippen LogP contribution in [0.1, 0.15) is 24.6 Å². The zero-order chi connectivity index (χ0) is 9.26. The summed E-state index contributed by atoms with van der Waals surface area (Å²) in [7, 11) is 0. The summed E-state index contributed by atoms with van der Waals surface area (Å²) in [5.41, 5.74) is 0.542. The lowest BCUT2D eigenvalue weighted by Crippen LogP contribution is -2.15. The van der Waals surface area contributed by atoms with Gasteiger partial charge in [0.05, 0.1) is 11.7 Å². The number of aromatic nitrogens is 1. The first-order valence-electron chi connectivity index (χ1n) is 4.31. The van der Waals surface area contributed by atoms with Crippen LogP contribution in [0.2, 0.25) is 0 Å². The Bertz CT molecular complexity index is 310. The van der Waals surface area contributed by atoms with Crippen LogP contribution in [-0.2, 0) is 0 Å². The zero-order valence-electron chi connectivity index (χ0n) is 7.06. The van der Waals surface area contributed by atoms with Crippen LogP contribution in [0.3, 0.4) is 0 Å². The van der Waals surface area contributed by atoms with Gasteiger partial charge in [-0.1, -0.05) is 0 Å². The number of hydrogen-bond acceptors (Lipinski definition) is 2. The van der Waals surface area contributed by atoms with Gasteiger partial charge in [-0.25, -0.2) is 4.39 Å². The molecule has 1 aromatic heterocycles. The standard InChI is InChI=1S/C9H10BrFN2/c10-6-4-7(11)9(13-5-6)8-2-1-3-12-8/h4-5,8,12H,1-3H2/t8-/m1/s1. The molecule has 0 bridgehead atoms. The normalized spacial score (nSPS) is 22.2. The Morgan fingerprint density at radius 1 is 1.62 bits per heavy atom. The van der Waals surface area contributed by atoms with Crippen LogP contribution in [0.5, 0.6) is 0 Å². The van der Waals surface area contributed by atoms with Crippen LogP contribution < -0.4 is 5.32 Å². The Kier molecular flexibility index (Phi) is 2.60. The molecule has 2 rings (SSSR count). The summed E-state index contributed by atoms with van der Waals surface area (Å²) >= 11 is 3.18. The molecule has 13 heavy (non-hydrogen) atoms. The molecular formula is C9H10BrFN2. The van der Waals surface area contributed by atoms with E-state index < -0.39 is 0 Å². The Labute approximate surface area is 84.7 Å². The summed E-state index contributed by atoms with van der Waals surface area (Å²) in [5, 5.41) is 3.22. The van der Waals surface area contributed by atoms with Gasteiger partial charge in [-0.2, -0.15) is 0 Å². The average molecular weight is 245 g/mol. The minimum Gasteiger partial charge on any atom is -0.309 e. The van der Waals surface area contributed by atoms with E-state index in [9.17, 15) is 4.39 Å². The van der Waals surface area contributed by atoms with Gasteiger partial charge in [0.25, 0.3) is 0 Å². The lowest BCUT2D eigenvalue weighted by molar-refractivity contribution is 0.540. The van der Waals surface area contributed by atoms with Crippen molar-refractivity contribution >= 4 is 15.9 Å². The molecule has 4 heteroatoms. The number of rotatable bonds is 1. The average Bonchev–Trinajstić information content (AvgIpc) is 2.56. The van der Waals surface area contributed by atoms with Crippen molar-refractivity contribution in [1.82, 2.24) is 10.3 Å². The molecule has 2 heterocycles. The van der Waals surface area contributed by atoms with Crippen LogP contribution >= 0.6 is 15.9 Å². The fourth-order valence-corrected chi connectivity index (χ4v) is 1.90. The van der Waals surface area contributed by atoms with E-state index >= 15 is 0 Å². The molecule has 1 saturated heterocycles. The van der Waals surface area contributed by atoms with Crippen LogP contribution in [-0.4, -0.2) is 11.5 Å². The second-order valence-electron chi connectivity index (χ2n) is 3.17. The van der Waals surface area contributed by atoms with E-state index in [4.69, 9.17) is 0 Å². The van der Waals surface area contributed by atoms with Gasteiger partial charge in [0.2, 0.25) is 0 Å². The monoisotopic (exact) mass is 244 g/mol. The molecule has 0 amide bonds. The smallest absolute Gasteiger partial charge is 0.147 e. The second-order valence-corrected chi connectivity index (χ2v) is 4.09. The molecule has 2 nitrogen and oxygen atoms in total. The third kappa shape index (κ3) is 1.89. The highest BCUT2D eigenvalue weighted by atomic mass is 79.9. The van der Waals surface area contributed by atoms with E-state index in [1.165, 1.54) is 6.07 Å². The van der Waals surface area contributed by atoms with Crippen molar-refractivity contribution in [3.8, 4) is 0 Å². The van der Waals surface area contributed by atoms with Gasteiger partial charge in [-0.15, -0.1) is 0 Å². The molecule has 70 valence electrons. The molecule has 0 radical (unpaired) electrons. The van der Waals surface area contributed by atoms with Crippen LogP contribution in [0.4, 0.5) is 4.39 Å². The van der Waals surface area contributed by atoms with Crippen LogP contribution in [0, 0.1) is 5.82 Å². The number of nitrogens with zero attached hydrogens (tertiary/aromatic N) is 1. The quantitative estimate of drug-likeness (QED) is 0.821. The summed E-state index contributed by atoms with van der Waals surface area (Å²) in [5.74, 6) is -0.228. The largest absolute Gasteiger partial charge is 0.309 e. The molecule has 1 aliphatic heterocycles. The molecular weight excluding hydrogens is 235 g/mol. The van der Waals surface area contributed by atoms with Gasteiger partial charge in [-0.05, 0) is 41.4 Å². The van der Waals surface area contributed by atoms with Gasteiger partial charge >= 0.3 is 0 Å². The van der Waals surface area contributed by atoms with Gasteiger partial charge < -0.3 is 5.32 Å². The van der Waals surface area contributed by atoms with Crippen LogP contribution in [0.15, 0.2) is 16.7 Å². The molecule has 1 N–H and O–H groups in total. The van der Waals surface area contributed by atoms with E-state index in [1.807, 2.05) is 0 Å². The van der Waals surface area contributed by atoms with Crippen LogP contribution in [0.25, 0.3) is 0 Å². The zero-order valence-corrected chi connectivity index (χ0v) is 8.64. The molecule has 1 aromatic rings. The van der Waals surface area contributed by atoms with Gasteiger partial charge in [-0.3, -0.25) is 4.98 Å². The first kappa shape index (κ1) is 9.09. The highest BCUT2D eigenvalue weighted by Gasteiger charge is 2.20. The van der Waals surface area contributed by atoms with E-state index in [-0.39, 0.29) is 11.9 Å². The van der Waals surface area contributed by atoms with Gasteiger partial charge in [0.1, 0.15) is 5.82 Å². The third-order valence-electron chi connectivity index (χ3n) is 2.23. The molecule has 0 aromatic carbocycles. The molecule has 0 spiro atoms. The van der Waals surface area contributed by atoms with Crippen molar-refractivity contribution in [3.63, 3.8) is 0 Å². The van der Waals surface area contributed by atoms with Crippen molar-refractivity contribution in [2.24, 2.45) is 0 Å². The van der Waals surface area contributed by atoms with Crippen molar-refractivity contribution < 1.29 is 4.39 Å². The first-order valence-corrected chi connectivity index (χ1v) is 5.11. The van der Waals surface area contributed by atoms with E-state index in [0.29, 0.717) is 10.2 Å².